The van der Waals surface area contributed by atoms with Crippen LogP contribution < -0.4 is 4.74 Å². The molecular weight excluding hydrogens is 378 g/mol. The Labute approximate surface area is 177 Å². The summed E-state index contributed by atoms with van der Waals surface area (Å²) in [5.41, 5.74) is 2.36. The molecule has 1 fully saturated rings. The highest BCUT2D eigenvalue weighted by molar-refractivity contribution is 6.30. The Bertz CT molecular complexity index is 974. The van der Waals surface area contributed by atoms with Gasteiger partial charge < -0.3 is 4.74 Å². The number of nitriles is 1. The molecular formula is C26H24ClNO. The van der Waals surface area contributed by atoms with Gasteiger partial charge in [0, 0.05) is 5.02 Å². The number of hydrogen-bond acceptors (Lipinski definition) is 2. The van der Waals surface area contributed by atoms with E-state index in [1.54, 1.807) is 0 Å². The predicted molar refractivity (Wildman–Crippen MR) is 117 cm³/mol. The standard InChI is InChI=1S/C26H24ClNO/c27-23-14-11-20(12-15-23)26(19-9-10-19)16-13-22(18-28)21-5-4-8-25(17-21)29-24-6-2-1-3-7-24/h1-8,11-12,14-15,17,19,22,26H,9-10,13,16H2. The number of rotatable bonds is 8. The number of ether oxygens (including phenoxy) is 1. The third-order valence-corrected chi connectivity index (χ3v) is 5.90. The third kappa shape index (κ3) is 5.19. The van der Waals surface area contributed by atoms with E-state index in [0.29, 0.717) is 5.92 Å². The molecule has 3 aromatic carbocycles. The van der Waals surface area contributed by atoms with Crippen molar-refractivity contribution in [2.75, 3.05) is 0 Å². The molecule has 2 unspecified atom stereocenters. The molecule has 0 spiro atoms. The van der Waals surface area contributed by atoms with E-state index in [1.807, 2.05) is 66.7 Å². The van der Waals surface area contributed by atoms with Crippen LogP contribution in [0.1, 0.15) is 48.6 Å². The fourth-order valence-electron chi connectivity index (χ4n) is 3.95. The number of benzene rings is 3. The van der Waals surface area contributed by atoms with Crippen molar-refractivity contribution in [1.82, 2.24) is 0 Å². The van der Waals surface area contributed by atoms with Crippen LogP contribution in [0.4, 0.5) is 0 Å². The summed E-state index contributed by atoms with van der Waals surface area (Å²) in [6.07, 6.45) is 4.42. The molecule has 1 saturated carbocycles. The molecule has 4 rings (SSSR count). The molecule has 0 amide bonds. The molecule has 1 aliphatic rings. The number of para-hydroxylation sites is 1. The van der Waals surface area contributed by atoms with Crippen molar-refractivity contribution in [2.45, 2.75) is 37.5 Å². The summed E-state index contributed by atoms with van der Waals surface area (Å²) in [5, 5.41) is 10.6. The first-order valence-electron chi connectivity index (χ1n) is 10.2. The fourth-order valence-corrected chi connectivity index (χ4v) is 4.08. The van der Waals surface area contributed by atoms with Crippen molar-refractivity contribution in [3.8, 4) is 17.6 Å². The van der Waals surface area contributed by atoms with E-state index in [4.69, 9.17) is 16.3 Å². The molecule has 1 aliphatic carbocycles. The van der Waals surface area contributed by atoms with Crippen LogP contribution in [0.15, 0.2) is 78.9 Å². The van der Waals surface area contributed by atoms with Crippen LogP contribution in [0.5, 0.6) is 11.5 Å². The minimum absolute atomic E-state index is 0.136. The molecule has 0 bridgehead atoms. The van der Waals surface area contributed by atoms with Gasteiger partial charge in [0.05, 0.1) is 12.0 Å². The van der Waals surface area contributed by atoms with Crippen LogP contribution in [-0.2, 0) is 0 Å². The summed E-state index contributed by atoms with van der Waals surface area (Å²) >= 11 is 6.06. The van der Waals surface area contributed by atoms with Crippen molar-refractivity contribution < 1.29 is 4.74 Å². The Kier molecular flexibility index (Phi) is 6.17. The Morgan fingerprint density at radius 3 is 2.28 bits per heavy atom. The summed E-state index contributed by atoms with van der Waals surface area (Å²) < 4.78 is 5.95. The van der Waals surface area contributed by atoms with Crippen LogP contribution in [-0.4, -0.2) is 0 Å². The van der Waals surface area contributed by atoms with Crippen LogP contribution in [0.2, 0.25) is 5.02 Å². The monoisotopic (exact) mass is 401 g/mol. The number of nitrogens with zero attached hydrogens (tertiary/aromatic N) is 1. The molecule has 2 atom stereocenters. The molecule has 2 nitrogen and oxygen atoms in total. The van der Waals surface area contributed by atoms with Crippen LogP contribution in [0, 0.1) is 17.2 Å². The smallest absolute Gasteiger partial charge is 0.127 e. The maximum absolute atomic E-state index is 9.83. The highest BCUT2D eigenvalue weighted by Gasteiger charge is 2.32. The third-order valence-electron chi connectivity index (χ3n) is 5.65. The van der Waals surface area contributed by atoms with E-state index < -0.39 is 0 Å². The Morgan fingerprint density at radius 2 is 1.59 bits per heavy atom. The second kappa shape index (κ2) is 9.16. The van der Waals surface area contributed by atoms with E-state index >= 15 is 0 Å². The largest absolute Gasteiger partial charge is 0.457 e. The zero-order valence-electron chi connectivity index (χ0n) is 16.3. The fraction of sp³-hybridized carbons (Fsp3) is 0.269. The first-order chi connectivity index (χ1) is 14.2. The van der Waals surface area contributed by atoms with E-state index in [2.05, 4.69) is 18.2 Å². The second-order valence-electron chi connectivity index (χ2n) is 7.74. The van der Waals surface area contributed by atoms with E-state index in [9.17, 15) is 5.26 Å². The summed E-state index contributed by atoms with van der Waals surface area (Å²) in [6.45, 7) is 0. The van der Waals surface area contributed by atoms with Crippen LogP contribution in [0.25, 0.3) is 0 Å². The van der Waals surface area contributed by atoms with Gasteiger partial charge in [0.1, 0.15) is 11.5 Å². The van der Waals surface area contributed by atoms with Gasteiger partial charge in [-0.3, -0.25) is 0 Å². The maximum atomic E-state index is 9.83. The van der Waals surface area contributed by atoms with Crippen molar-refractivity contribution in [3.63, 3.8) is 0 Å². The SMILES string of the molecule is N#CC(CCC(c1ccc(Cl)cc1)C1CC1)c1cccc(Oc2ccccc2)c1. The molecule has 146 valence electrons. The topological polar surface area (TPSA) is 33.0 Å². The Hall–Kier alpha value is -2.76. The zero-order chi connectivity index (χ0) is 20.1. The minimum Gasteiger partial charge on any atom is -0.457 e. The average molecular weight is 402 g/mol. The quantitative estimate of drug-likeness (QED) is 0.387. The van der Waals surface area contributed by atoms with E-state index in [-0.39, 0.29) is 5.92 Å². The lowest BCUT2D eigenvalue weighted by Crippen LogP contribution is -2.05. The molecule has 3 heteroatoms. The molecule has 29 heavy (non-hydrogen) atoms. The lowest BCUT2D eigenvalue weighted by Gasteiger charge is -2.19. The van der Waals surface area contributed by atoms with Gasteiger partial charge in [0.15, 0.2) is 0 Å². The first-order valence-corrected chi connectivity index (χ1v) is 10.6. The maximum Gasteiger partial charge on any atom is 0.127 e. The zero-order valence-corrected chi connectivity index (χ0v) is 17.1. The highest BCUT2D eigenvalue weighted by atomic mass is 35.5. The Morgan fingerprint density at radius 1 is 0.862 bits per heavy atom. The Balaban J connectivity index is 1.45. The normalized spacial score (nSPS) is 15.3. The molecule has 0 N–H and O–H groups in total. The lowest BCUT2D eigenvalue weighted by molar-refractivity contribution is 0.480. The number of halogens is 1. The van der Waals surface area contributed by atoms with Gasteiger partial charge in [-0.15, -0.1) is 0 Å². The summed E-state index contributed by atoms with van der Waals surface area (Å²) in [6, 6.07) is 28.4. The van der Waals surface area contributed by atoms with Crippen LogP contribution >= 0.6 is 11.6 Å². The van der Waals surface area contributed by atoms with Gasteiger partial charge in [-0.1, -0.05) is 54.1 Å². The average Bonchev–Trinajstić information content (AvgIpc) is 3.58. The van der Waals surface area contributed by atoms with E-state index in [1.165, 1.54) is 18.4 Å². The van der Waals surface area contributed by atoms with Gasteiger partial charge in [0.25, 0.3) is 0 Å². The summed E-state index contributed by atoms with van der Waals surface area (Å²) in [7, 11) is 0. The highest BCUT2D eigenvalue weighted by Crippen LogP contribution is 2.46. The first kappa shape index (κ1) is 19.6. The molecule has 3 aromatic rings. The summed E-state index contributed by atoms with van der Waals surface area (Å²) in [5.74, 6) is 2.68. The van der Waals surface area contributed by atoms with Gasteiger partial charge in [-0.25, -0.2) is 0 Å². The molecule has 0 heterocycles. The van der Waals surface area contributed by atoms with Crippen molar-refractivity contribution in [2.24, 2.45) is 5.92 Å². The van der Waals surface area contributed by atoms with Crippen molar-refractivity contribution in [3.05, 3.63) is 95.0 Å². The molecule has 0 aromatic heterocycles. The lowest BCUT2D eigenvalue weighted by atomic mass is 9.85. The van der Waals surface area contributed by atoms with Gasteiger partial charge in [-0.05, 0) is 85.0 Å². The van der Waals surface area contributed by atoms with Crippen molar-refractivity contribution >= 4 is 11.6 Å². The number of hydrogen-bond donors (Lipinski definition) is 0. The van der Waals surface area contributed by atoms with Crippen LogP contribution in [0.3, 0.4) is 0 Å². The predicted octanol–water partition coefficient (Wildman–Crippen LogP) is 7.71. The van der Waals surface area contributed by atoms with E-state index in [0.717, 1.165) is 40.8 Å². The molecule has 0 aliphatic heterocycles. The van der Waals surface area contributed by atoms with Gasteiger partial charge >= 0.3 is 0 Å². The van der Waals surface area contributed by atoms with Gasteiger partial charge in [-0.2, -0.15) is 5.26 Å². The molecule has 0 saturated heterocycles. The summed E-state index contributed by atoms with van der Waals surface area (Å²) in [4.78, 5) is 0. The minimum atomic E-state index is -0.136. The van der Waals surface area contributed by atoms with Crippen molar-refractivity contribution in [1.29, 1.82) is 5.26 Å². The van der Waals surface area contributed by atoms with Gasteiger partial charge in [0.2, 0.25) is 0 Å². The second-order valence-corrected chi connectivity index (χ2v) is 8.18. The molecule has 0 radical (unpaired) electrons.